The van der Waals surface area contributed by atoms with Crippen LogP contribution in [-0.4, -0.2) is 47.8 Å². The maximum absolute atomic E-state index is 5.99. The van der Waals surface area contributed by atoms with Gasteiger partial charge in [0, 0.05) is 36.1 Å². The summed E-state index contributed by atoms with van der Waals surface area (Å²) in [5, 5.41) is 8.08. The zero-order valence-electron chi connectivity index (χ0n) is 12.8. The number of hydrogen-bond donors (Lipinski definition) is 1. The minimum atomic E-state index is 0.596. The van der Waals surface area contributed by atoms with Crippen molar-refractivity contribution < 1.29 is 4.52 Å². The van der Waals surface area contributed by atoms with Crippen molar-refractivity contribution in [3.63, 3.8) is 0 Å². The van der Waals surface area contributed by atoms with Gasteiger partial charge in [0.15, 0.2) is 0 Å². The van der Waals surface area contributed by atoms with E-state index in [0.29, 0.717) is 22.8 Å². The Morgan fingerprint density at radius 2 is 2.36 bits per heavy atom. The van der Waals surface area contributed by atoms with Gasteiger partial charge < -0.3 is 14.7 Å². The fraction of sp³-hybridized carbons (Fsp3) is 0.500. The second-order valence-corrected chi connectivity index (χ2v) is 6.14. The Morgan fingerprint density at radius 3 is 3.18 bits per heavy atom. The number of likely N-dealkylation sites (N-methyl/N-ethyl adjacent to an activating group) is 1. The first-order valence-corrected chi connectivity index (χ1v) is 8.10. The van der Waals surface area contributed by atoms with Crippen LogP contribution in [0.5, 0.6) is 0 Å². The van der Waals surface area contributed by atoms with Crippen LogP contribution in [0.1, 0.15) is 18.7 Å². The second kappa shape index (κ2) is 7.22. The van der Waals surface area contributed by atoms with Gasteiger partial charge in [0.05, 0.1) is 0 Å². The third kappa shape index (κ3) is 3.85. The lowest BCUT2D eigenvalue weighted by atomic mass is 10.1. The molecule has 1 aliphatic heterocycles. The first kappa shape index (κ1) is 15.5. The van der Waals surface area contributed by atoms with Crippen molar-refractivity contribution in [2.24, 2.45) is 0 Å². The third-order valence-electron chi connectivity index (χ3n) is 4.11. The average Bonchev–Trinajstić information content (AvgIpc) is 3.02. The Morgan fingerprint density at radius 1 is 1.45 bits per heavy atom. The second-order valence-electron chi connectivity index (χ2n) is 5.70. The number of halogens is 1. The number of likely N-dealkylation sites (tertiary alicyclic amines) is 1. The van der Waals surface area contributed by atoms with E-state index in [1.54, 1.807) is 0 Å². The summed E-state index contributed by atoms with van der Waals surface area (Å²) in [5.41, 5.74) is 0.885. The summed E-state index contributed by atoms with van der Waals surface area (Å²) in [6.07, 6.45) is 3.28. The van der Waals surface area contributed by atoms with Crippen LogP contribution < -0.4 is 5.32 Å². The minimum absolute atomic E-state index is 0.596. The van der Waals surface area contributed by atoms with Crippen LogP contribution in [0.15, 0.2) is 28.8 Å². The molecule has 6 heteroatoms. The molecule has 0 aliphatic carbocycles. The van der Waals surface area contributed by atoms with E-state index in [-0.39, 0.29) is 0 Å². The van der Waals surface area contributed by atoms with Crippen molar-refractivity contribution in [2.75, 3.05) is 26.7 Å². The summed E-state index contributed by atoms with van der Waals surface area (Å²) < 4.78 is 5.36. The van der Waals surface area contributed by atoms with Gasteiger partial charge in [0.1, 0.15) is 0 Å². The lowest BCUT2D eigenvalue weighted by Gasteiger charge is -2.32. The highest BCUT2D eigenvalue weighted by atomic mass is 35.5. The molecule has 0 bridgehead atoms. The first-order valence-electron chi connectivity index (χ1n) is 7.73. The summed E-state index contributed by atoms with van der Waals surface area (Å²) in [4.78, 5) is 6.92. The smallest absolute Gasteiger partial charge is 0.228 e. The molecule has 1 atom stereocenters. The highest BCUT2D eigenvalue weighted by molar-refractivity contribution is 6.30. The first-order chi connectivity index (χ1) is 10.7. The van der Waals surface area contributed by atoms with Gasteiger partial charge in [-0.2, -0.15) is 4.98 Å². The van der Waals surface area contributed by atoms with Gasteiger partial charge in [-0.15, -0.1) is 0 Å². The van der Waals surface area contributed by atoms with E-state index in [9.17, 15) is 0 Å². The number of hydrogen-bond acceptors (Lipinski definition) is 5. The van der Waals surface area contributed by atoms with Gasteiger partial charge in [-0.1, -0.05) is 28.9 Å². The molecule has 118 valence electrons. The number of rotatable bonds is 5. The van der Waals surface area contributed by atoms with Crippen molar-refractivity contribution >= 4 is 11.6 Å². The molecule has 22 heavy (non-hydrogen) atoms. The molecule has 2 aromatic rings. The summed E-state index contributed by atoms with van der Waals surface area (Å²) in [7, 11) is 2.03. The van der Waals surface area contributed by atoms with Crippen molar-refractivity contribution in [1.82, 2.24) is 20.4 Å². The molecule has 2 heterocycles. The molecular formula is C16H21ClN4O. The minimum Gasteiger partial charge on any atom is -0.339 e. The molecular weight excluding hydrogens is 300 g/mol. The predicted octanol–water partition coefficient (Wildman–Crippen LogP) is 2.62. The number of nitrogens with one attached hydrogen (secondary N) is 1. The van der Waals surface area contributed by atoms with Crippen LogP contribution in [0.2, 0.25) is 5.02 Å². The monoisotopic (exact) mass is 320 g/mol. The van der Waals surface area contributed by atoms with Crippen molar-refractivity contribution in [1.29, 1.82) is 0 Å². The molecule has 0 amide bonds. The fourth-order valence-corrected chi connectivity index (χ4v) is 3.04. The van der Waals surface area contributed by atoms with E-state index in [2.05, 4.69) is 20.4 Å². The molecule has 5 nitrogen and oxygen atoms in total. The van der Waals surface area contributed by atoms with Crippen LogP contribution in [0.25, 0.3) is 11.4 Å². The standard InChI is InChI=1S/C16H21ClN4O/c1-18-14-6-3-8-21(11-14)9-7-15-19-16(20-22-15)12-4-2-5-13(17)10-12/h2,4-5,10,14,18H,3,6-9,11H2,1H3. The zero-order chi connectivity index (χ0) is 15.4. The Balaban J connectivity index is 1.58. The third-order valence-corrected chi connectivity index (χ3v) is 4.34. The maximum Gasteiger partial charge on any atom is 0.228 e. The van der Waals surface area contributed by atoms with Gasteiger partial charge >= 0.3 is 0 Å². The Bertz CT molecular complexity index is 616. The Kier molecular flexibility index (Phi) is 5.08. The van der Waals surface area contributed by atoms with Gasteiger partial charge in [0.2, 0.25) is 11.7 Å². The molecule has 1 N–H and O–H groups in total. The van der Waals surface area contributed by atoms with Crippen molar-refractivity contribution in [3.8, 4) is 11.4 Å². The number of nitrogens with zero attached hydrogens (tertiary/aromatic N) is 3. The summed E-state index contributed by atoms with van der Waals surface area (Å²) in [6.45, 7) is 3.19. The van der Waals surface area contributed by atoms with Gasteiger partial charge in [0.25, 0.3) is 0 Å². The van der Waals surface area contributed by atoms with E-state index in [4.69, 9.17) is 16.1 Å². The van der Waals surface area contributed by atoms with Gasteiger partial charge in [-0.3, -0.25) is 0 Å². The number of piperidine rings is 1. The molecule has 0 radical (unpaired) electrons. The molecule has 1 fully saturated rings. The Hall–Kier alpha value is -1.43. The van der Waals surface area contributed by atoms with Gasteiger partial charge in [-0.25, -0.2) is 0 Å². The summed E-state index contributed by atoms with van der Waals surface area (Å²) in [5.74, 6) is 1.28. The van der Waals surface area contributed by atoms with Crippen molar-refractivity contribution in [2.45, 2.75) is 25.3 Å². The molecule has 0 spiro atoms. The van der Waals surface area contributed by atoms with Crippen LogP contribution in [0, 0.1) is 0 Å². The predicted molar refractivity (Wildman–Crippen MR) is 87.0 cm³/mol. The molecule has 1 aliphatic rings. The lowest BCUT2D eigenvalue weighted by molar-refractivity contribution is 0.191. The lowest BCUT2D eigenvalue weighted by Crippen LogP contribution is -2.44. The summed E-state index contributed by atoms with van der Waals surface area (Å²) in [6, 6.07) is 8.10. The highest BCUT2D eigenvalue weighted by Gasteiger charge is 2.19. The number of aromatic nitrogens is 2. The molecule has 1 unspecified atom stereocenters. The Labute approximate surface area is 135 Å². The van der Waals surface area contributed by atoms with Crippen molar-refractivity contribution in [3.05, 3.63) is 35.2 Å². The van der Waals surface area contributed by atoms with E-state index in [0.717, 1.165) is 31.6 Å². The van der Waals surface area contributed by atoms with E-state index >= 15 is 0 Å². The molecule has 1 aromatic heterocycles. The summed E-state index contributed by atoms with van der Waals surface area (Å²) >= 11 is 5.99. The highest BCUT2D eigenvalue weighted by Crippen LogP contribution is 2.20. The molecule has 1 aromatic carbocycles. The molecule has 3 rings (SSSR count). The van der Waals surface area contributed by atoms with E-state index in [1.165, 1.54) is 12.8 Å². The normalized spacial score (nSPS) is 19.5. The van der Waals surface area contributed by atoms with Crippen LogP contribution in [-0.2, 0) is 6.42 Å². The SMILES string of the molecule is CNC1CCCN(CCc2nc(-c3cccc(Cl)c3)no2)C1. The van der Waals surface area contributed by atoms with Crippen LogP contribution >= 0.6 is 11.6 Å². The quantitative estimate of drug-likeness (QED) is 0.917. The zero-order valence-corrected chi connectivity index (χ0v) is 13.5. The van der Waals surface area contributed by atoms with Crippen LogP contribution in [0.4, 0.5) is 0 Å². The largest absolute Gasteiger partial charge is 0.339 e. The molecule has 1 saturated heterocycles. The van der Waals surface area contributed by atoms with Crippen LogP contribution in [0.3, 0.4) is 0 Å². The van der Waals surface area contributed by atoms with E-state index < -0.39 is 0 Å². The van der Waals surface area contributed by atoms with E-state index in [1.807, 2.05) is 31.3 Å². The average molecular weight is 321 g/mol. The van der Waals surface area contributed by atoms with Gasteiger partial charge in [-0.05, 0) is 38.6 Å². The number of benzene rings is 1. The maximum atomic E-state index is 5.99. The fourth-order valence-electron chi connectivity index (χ4n) is 2.85. The topological polar surface area (TPSA) is 54.2 Å². The molecule has 0 saturated carbocycles.